The van der Waals surface area contributed by atoms with Crippen molar-refractivity contribution >= 4 is 27.5 Å². The highest BCUT2D eigenvalue weighted by molar-refractivity contribution is 9.10. The number of H-pyrrole nitrogens is 1. The highest BCUT2D eigenvalue weighted by Gasteiger charge is 2.15. The Hall–Kier alpha value is -2.34. The molecule has 2 N–H and O–H groups in total. The van der Waals surface area contributed by atoms with Gasteiger partial charge in [0.25, 0.3) is 5.91 Å². The first-order valence-electron chi connectivity index (χ1n) is 7.33. The average molecular weight is 373 g/mol. The Bertz CT molecular complexity index is 821. The molecule has 0 saturated heterocycles. The molecule has 0 unspecified atom stereocenters. The zero-order valence-corrected chi connectivity index (χ0v) is 14.5. The number of aromatic nitrogens is 3. The molecule has 3 rings (SSSR count). The van der Waals surface area contributed by atoms with Crippen LogP contribution in [-0.4, -0.2) is 20.7 Å². The van der Waals surface area contributed by atoms with Gasteiger partial charge in [-0.1, -0.05) is 12.1 Å². The SMILES string of the molecule is CC(C)n1cc(Br)cc1C(=O)Nc1cccc(-c2ccn[nH]2)c1. The number of anilines is 1. The normalized spacial score (nSPS) is 11.0. The van der Waals surface area contributed by atoms with E-state index < -0.39 is 0 Å². The monoisotopic (exact) mass is 372 g/mol. The van der Waals surface area contributed by atoms with Crippen LogP contribution in [0.15, 0.2) is 53.3 Å². The molecule has 0 aliphatic carbocycles. The van der Waals surface area contributed by atoms with Crippen molar-refractivity contribution in [2.45, 2.75) is 19.9 Å². The fourth-order valence-electron chi connectivity index (χ4n) is 2.43. The zero-order chi connectivity index (χ0) is 16.4. The van der Waals surface area contributed by atoms with E-state index in [1.54, 1.807) is 6.20 Å². The number of hydrogen-bond donors (Lipinski definition) is 2. The van der Waals surface area contributed by atoms with Gasteiger partial charge in [0, 0.05) is 34.2 Å². The van der Waals surface area contributed by atoms with Crippen molar-refractivity contribution < 1.29 is 4.79 Å². The molecule has 6 heteroatoms. The molecule has 2 heterocycles. The van der Waals surface area contributed by atoms with Crippen molar-refractivity contribution in [2.24, 2.45) is 0 Å². The van der Waals surface area contributed by atoms with Gasteiger partial charge in [0.15, 0.2) is 0 Å². The molecule has 0 fully saturated rings. The van der Waals surface area contributed by atoms with Crippen LogP contribution in [0.1, 0.15) is 30.4 Å². The molecule has 1 aromatic carbocycles. The lowest BCUT2D eigenvalue weighted by atomic mass is 10.1. The molecule has 0 bridgehead atoms. The fourth-order valence-corrected chi connectivity index (χ4v) is 2.87. The summed E-state index contributed by atoms with van der Waals surface area (Å²) in [7, 11) is 0. The Morgan fingerprint density at radius 2 is 2.13 bits per heavy atom. The van der Waals surface area contributed by atoms with Crippen LogP contribution in [0.4, 0.5) is 5.69 Å². The van der Waals surface area contributed by atoms with Gasteiger partial charge in [0.05, 0.1) is 5.69 Å². The number of benzene rings is 1. The van der Waals surface area contributed by atoms with E-state index in [1.165, 1.54) is 0 Å². The van der Waals surface area contributed by atoms with Crippen LogP contribution in [0.25, 0.3) is 11.3 Å². The third kappa shape index (κ3) is 3.37. The first-order chi connectivity index (χ1) is 11.0. The predicted octanol–water partition coefficient (Wildman–Crippen LogP) is 4.47. The molecular weight excluding hydrogens is 356 g/mol. The summed E-state index contributed by atoms with van der Waals surface area (Å²) in [5, 5.41) is 9.82. The first kappa shape index (κ1) is 15.6. The number of halogens is 1. The lowest BCUT2D eigenvalue weighted by Crippen LogP contribution is -2.17. The maximum Gasteiger partial charge on any atom is 0.272 e. The second-order valence-electron chi connectivity index (χ2n) is 5.55. The Morgan fingerprint density at radius 3 is 2.83 bits per heavy atom. The van der Waals surface area contributed by atoms with Crippen molar-refractivity contribution in [1.82, 2.24) is 14.8 Å². The summed E-state index contributed by atoms with van der Waals surface area (Å²) in [6, 6.07) is 11.6. The summed E-state index contributed by atoms with van der Waals surface area (Å²) in [6.45, 7) is 4.09. The maximum absolute atomic E-state index is 12.6. The summed E-state index contributed by atoms with van der Waals surface area (Å²) in [5.41, 5.74) is 3.25. The van der Waals surface area contributed by atoms with E-state index in [4.69, 9.17) is 0 Å². The van der Waals surface area contributed by atoms with Crippen molar-refractivity contribution in [3.63, 3.8) is 0 Å². The van der Waals surface area contributed by atoms with Crippen LogP contribution in [0.3, 0.4) is 0 Å². The predicted molar refractivity (Wildman–Crippen MR) is 94.5 cm³/mol. The fraction of sp³-hybridized carbons (Fsp3) is 0.176. The van der Waals surface area contributed by atoms with E-state index >= 15 is 0 Å². The number of carbonyl (C=O) groups is 1. The molecule has 118 valence electrons. The lowest BCUT2D eigenvalue weighted by Gasteiger charge is -2.13. The summed E-state index contributed by atoms with van der Waals surface area (Å²) in [4.78, 5) is 12.6. The van der Waals surface area contributed by atoms with Gasteiger partial charge < -0.3 is 9.88 Å². The van der Waals surface area contributed by atoms with Crippen LogP contribution >= 0.6 is 15.9 Å². The Labute approximate surface area is 142 Å². The minimum Gasteiger partial charge on any atom is -0.340 e. The molecule has 0 aliphatic rings. The molecule has 1 amide bonds. The average Bonchev–Trinajstić information content (AvgIpc) is 3.16. The number of hydrogen-bond acceptors (Lipinski definition) is 2. The lowest BCUT2D eigenvalue weighted by molar-refractivity contribution is 0.101. The van der Waals surface area contributed by atoms with Gasteiger partial charge in [-0.3, -0.25) is 9.89 Å². The van der Waals surface area contributed by atoms with Gasteiger partial charge in [-0.25, -0.2) is 0 Å². The van der Waals surface area contributed by atoms with Crippen LogP contribution < -0.4 is 5.32 Å². The van der Waals surface area contributed by atoms with Crippen molar-refractivity contribution in [3.05, 3.63) is 59.0 Å². The largest absolute Gasteiger partial charge is 0.340 e. The minimum absolute atomic E-state index is 0.133. The van der Waals surface area contributed by atoms with E-state index in [0.29, 0.717) is 5.69 Å². The smallest absolute Gasteiger partial charge is 0.272 e. The number of rotatable bonds is 4. The Morgan fingerprint density at radius 1 is 1.30 bits per heavy atom. The van der Waals surface area contributed by atoms with E-state index in [0.717, 1.165) is 21.4 Å². The number of nitrogens with one attached hydrogen (secondary N) is 2. The molecule has 0 spiro atoms. The van der Waals surface area contributed by atoms with Gasteiger partial charge in [-0.05, 0) is 54.0 Å². The van der Waals surface area contributed by atoms with Gasteiger partial charge in [-0.2, -0.15) is 5.10 Å². The van der Waals surface area contributed by atoms with Crippen LogP contribution in [0, 0.1) is 0 Å². The molecular formula is C17H17BrN4O. The quantitative estimate of drug-likeness (QED) is 0.709. The first-order valence-corrected chi connectivity index (χ1v) is 8.12. The minimum atomic E-state index is -0.133. The highest BCUT2D eigenvalue weighted by atomic mass is 79.9. The topological polar surface area (TPSA) is 62.7 Å². The molecule has 0 aliphatic heterocycles. The Kier molecular flexibility index (Phi) is 4.34. The summed E-state index contributed by atoms with van der Waals surface area (Å²) >= 11 is 3.43. The number of nitrogens with zero attached hydrogens (tertiary/aromatic N) is 2. The van der Waals surface area contributed by atoms with E-state index in [9.17, 15) is 4.79 Å². The third-order valence-electron chi connectivity index (χ3n) is 3.54. The van der Waals surface area contributed by atoms with Crippen molar-refractivity contribution in [1.29, 1.82) is 0 Å². The third-order valence-corrected chi connectivity index (χ3v) is 3.97. The van der Waals surface area contributed by atoms with Gasteiger partial charge in [0.1, 0.15) is 5.69 Å². The second kappa shape index (κ2) is 6.42. The molecule has 5 nitrogen and oxygen atoms in total. The van der Waals surface area contributed by atoms with Gasteiger partial charge in [-0.15, -0.1) is 0 Å². The molecule has 0 saturated carbocycles. The van der Waals surface area contributed by atoms with E-state index in [2.05, 4.69) is 31.4 Å². The van der Waals surface area contributed by atoms with E-state index in [-0.39, 0.29) is 11.9 Å². The van der Waals surface area contributed by atoms with Crippen LogP contribution in [0.5, 0.6) is 0 Å². The summed E-state index contributed by atoms with van der Waals surface area (Å²) in [5.74, 6) is -0.133. The summed E-state index contributed by atoms with van der Waals surface area (Å²) in [6.07, 6.45) is 3.62. The highest BCUT2D eigenvalue weighted by Crippen LogP contribution is 2.23. The van der Waals surface area contributed by atoms with Crippen LogP contribution in [0.2, 0.25) is 0 Å². The number of amides is 1. The van der Waals surface area contributed by atoms with Crippen LogP contribution in [-0.2, 0) is 0 Å². The number of carbonyl (C=O) groups excluding carboxylic acids is 1. The van der Waals surface area contributed by atoms with Gasteiger partial charge in [0.2, 0.25) is 0 Å². The second-order valence-corrected chi connectivity index (χ2v) is 6.47. The maximum atomic E-state index is 12.6. The van der Waals surface area contributed by atoms with E-state index in [1.807, 2.05) is 61.0 Å². The van der Waals surface area contributed by atoms with Gasteiger partial charge >= 0.3 is 0 Å². The standard InChI is InChI=1S/C17H17BrN4O/c1-11(2)22-10-13(18)9-16(22)17(23)20-14-5-3-4-12(8-14)15-6-7-19-21-15/h3-11H,1-2H3,(H,19,21)(H,20,23). The molecule has 23 heavy (non-hydrogen) atoms. The number of aromatic amines is 1. The van der Waals surface area contributed by atoms with Crippen molar-refractivity contribution in [3.8, 4) is 11.3 Å². The molecule has 2 aromatic heterocycles. The summed E-state index contributed by atoms with van der Waals surface area (Å²) < 4.78 is 2.83. The molecule has 0 atom stereocenters. The molecule has 3 aromatic rings. The molecule has 0 radical (unpaired) electrons. The Balaban J connectivity index is 1.85. The zero-order valence-electron chi connectivity index (χ0n) is 12.9. The van der Waals surface area contributed by atoms with Crippen molar-refractivity contribution in [2.75, 3.05) is 5.32 Å².